The highest BCUT2D eigenvalue weighted by atomic mass is 14.8. The quantitative estimate of drug-likeness (QED) is 0.553. The predicted molar refractivity (Wildman–Crippen MR) is 70.5 cm³/mol. The molecule has 1 heterocycles. The van der Waals surface area contributed by atoms with E-state index in [9.17, 15) is 0 Å². The smallest absolute Gasteiger partial charge is 0.0915 e. The van der Waals surface area contributed by atoms with E-state index in [2.05, 4.69) is 23.1 Å². The summed E-state index contributed by atoms with van der Waals surface area (Å²) >= 11 is 0. The maximum Gasteiger partial charge on any atom is 0.0915 e. The molecule has 0 spiro atoms. The molecule has 2 nitrogen and oxygen atoms in total. The highest BCUT2D eigenvalue weighted by molar-refractivity contribution is 5.80. The summed E-state index contributed by atoms with van der Waals surface area (Å²) in [6, 6.07) is 3.92. The molecule has 1 rings (SSSR count). The molecule has 2 heteroatoms. The predicted octanol–water partition coefficient (Wildman–Crippen LogP) is 3.56. The third-order valence-electron chi connectivity index (χ3n) is 1.95. The molecule has 16 heavy (non-hydrogen) atoms. The molecule has 0 fully saturated rings. The molecule has 0 atom stereocenters. The molecule has 0 unspecified atom stereocenters. The van der Waals surface area contributed by atoms with Gasteiger partial charge in [0.25, 0.3) is 0 Å². The SMILES string of the molecule is C=CC=N/C(=C\C(=C)C)c1ncccc1C. The van der Waals surface area contributed by atoms with Crippen molar-refractivity contribution in [2.24, 2.45) is 4.99 Å². The Morgan fingerprint density at radius 3 is 2.81 bits per heavy atom. The van der Waals surface area contributed by atoms with E-state index in [1.165, 1.54) is 0 Å². The summed E-state index contributed by atoms with van der Waals surface area (Å²) in [5, 5.41) is 0. The number of hydrogen-bond donors (Lipinski definition) is 0. The Balaban J connectivity index is 3.21. The molecule has 0 radical (unpaired) electrons. The fourth-order valence-corrected chi connectivity index (χ4v) is 1.29. The fraction of sp³-hybridized carbons (Fsp3) is 0.143. The zero-order valence-corrected chi connectivity index (χ0v) is 9.77. The lowest BCUT2D eigenvalue weighted by atomic mass is 10.1. The number of nitrogens with zero attached hydrogens (tertiary/aromatic N) is 2. The van der Waals surface area contributed by atoms with Crippen LogP contribution in [0.5, 0.6) is 0 Å². The summed E-state index contributed by atoms with van der Waals surface area (Å²) in [7, 11) is 0. The summed E-state index contributed by atoms with van der Waals surface area (Å²) in [4.78, 5) is 8.64. The molecule has 82 valence electrons. The van der Waals surface area contributed by atoms with Crippen LogP contribution in [0.2, 0.25) is 0 Å². The summed E-state index contributed by atoms with van der Waals surface area (Å²) < 4.78 is 0. The Hall–Kier alpha value is -1.96. The number of pyridine rings is 1. The lowest BCUT2D eigenvalue weighted by Crippen LogP contribution is -1.91. The van der Waals surface area contributed by atoms with E-state index in [0.29, 0.717) is 0 Å². The molecule has 0 aliphatic rings. The Kier molecular flexibility index (Phi) is 4.40. The minimum Gasteiger partial charge on any atom is -0.255 e. The van der Waals surface area contributed by atoms with Crippen molar-refractivity contribution >= 4 is 11.9 Å². The van der Waals surface area contributed by atoms with Crippen LogP contribution in [0, 0.1) is 6.92 Å². The van der Waals surface area contributed by atoms with E-state index in [0.717, 1.165) is 22.5 Å². The number of aromatic nitrogens is 1. The van der Waals surface area contributed by atoms with Gasteiger partial charge in [-0.2, -0.15) is 0 Å². The molecule has 0 aromatic carbocycles. The first-order chi connectivity index (χ1) is 7.65. The molecular formula is C14H16N2. The number of allylic oxidation sites excluding steroid dienone is 3. The molecule has 1 aromatic heterocycles. The Bertz CT molecular complexity index is 454. The highest BCUT2D eigenvalue weighted by Crippen LogP contribution is 2.18. The summed E-state index contributed by atoms with van der Waals surface area (Å²) in [5.41, 5.74) is 3.73. The third-order valence-corrected chi connectivity index (χ3v) is 1.95. The van der Waals surface area contributed by atoms with Crippen LogP contribution >= 0.6 is 0 Å². The van der Waals surface area contributed by atoms with Gasteiger partial charge in [0.15, 0.2) is 0 Å². The van der Waals surface area contributed by atoms with E-state index in [1.807, 2.05) is 32.1 Å². The zero-order chi connectivity index (χ0) is 12.0. The van der Waals surface area contributed by atoms with Crippen LogP contribution in [0.25, 0.3) is 5.70 Å². The van der Waals surface area contributed by atoms with Gasteiger partial charge in [-0.25, -0.2) is 0 Å². The van der Waals surface area contributed by atoms with Gasteiger partial charge in [0.05, 0.1) is 11.4 Å². The van der Waals surface area contributed by atoms with E-state index < -0.39 is 0 Å². The molecule has 0 saturated heterocycles. The number of rotatable bonds is 4. The van der Waals surface area contributed by atoms with E-state index in [-0.39, 0.29) is 0 Å². The lowest BCUT2D eigenvalue weighted by molar-refractivity contribution is 1.20. The third kappa shape index (κ3) is 3.31. The standard InChI is InChI=1S/C14H16N2/c1-5-8-15-13(10-11(2)3)14-12(4)7-6-9-16-14/h5-10H,1-2H2,3-4H3/b13-10-,15-8?. The molecule has 0 aliphatic carbocycles. The lowest BCUT2D eigenvalue weighted by Gasteiger charge is -2.04. The molecule has 0 saturated carbocycles. The van der Waals surface area contributed by atoms with Crippen LogP contribution in [0.1, 0.15) is 18.2 Å². The molecule has 0 bridgehead atoms. The second kappa shape index (κ2) is 5.81. The van der Waals surface area contributed by atoms with Crippen LogP contribution in [0.15, 0.2) is 54.2 Å². The normalized spacial score (nSPS) is 11.8. The van der Waals surface area contributed by atoms with Gasteiger partial charge in [0.1, 0.15) is 0 Å². The summed E-state index contributed by atoms with van der Waals surface area (Å²) in [6.07, 6.45) is 6.97. The van der Waals surface area contributed by atoms with Gasteiger partial charge >= 0.3 is 0 Å². The minimum atomic E-state index is 0.811. The monoisotopic (exact) mass is 212 g/mol. The van der Waals surface area contributed by atoms with Gasteiger partial charge in [0.2, 0.25) is 0 Å². The molecular weight excluding hydrogens is 196 g/mol. The van der Waals surface area contributed by atoms with Gasteiger partial charge in [-0.15, -0.1) is 0 Å². The van der Waals surface area contributed by atoms with Crippen molar-refractivity contribution in [3.05, 3.63) is 60.5 Å². The van der Waals surface area contributed by atoms with Gasteiger partial charge < -0.3 is 0 Å². The van der Waals surface area contributed by atoms with Gasteiger partial charge in [0, 0.05) is 12.4 Å². The van der Waals surface area contributed by atoms with Crippen LogP contribution < -0.4 is 0 Å². The molecule has 0 N–H and O–H groups in total. The summed E-state index contributed by atoms with van der Waals surface area (Å²) in [5.74, 6) is 0. The summed E-state index contributed by atoms with van der Waals surface area (Å²) in [6.45, 7) is 11.4. The second-order valence-corrected chi connectivity index (χ2v) is 3.56. The first-order valence-electron chi connectivity index (χ1n) is 5.09. The molecule has 0 amide bonds. The van der Waals surface area contributed by atoms with Crippen molar-refractivity contribution in [1.82, 2.24) is 4.98 Å². The van der Waals surface area contributed by atoms with Crippen molar-refractivity contribution in [2.75, 3.05) is 0 Å². The van der Waals surface area contributed by atoms with Crippen molar-refractivity contribution < 1.29 is 0 Å². The van der Waals surface area contributed by atoms with Gasteiger partial charge in [-0.05, 0) is 31.6 Å². The first kappa shape index (κ1) is 12.1. The topological polar surface area (TPSA) is 25.2 Å². The van der Waals surface area contributed by atoms with Crippen molar-refractivity contribution in [2.45, 2.75) is 13.8 Å². The molecule has 0 aliphatic heterocycles. The fourth-order valence-electron chi connectivity index (χ4n) is 1.29. The Morgan fingerprint density at radius 1 is 1.50 bits per heavy atom. The van der Waals surface area contributed by atoms with Crippen molar-refractivity contribution in [1.29, 1.82) is 0 Å². The largest absolute Gasteiger partial charge is 0.255 e. The van der Waals surface area contributed by atoms with E-state index in [1.54, 1.807) is 18.5 Å². The van der Waals surface area contributed by atoms with Crippen molar-refractivity contribution in [3.8, 4) is 0 Å². The van der Waals surface area contributed by atoms with Gasteiger partial charge in [-0.1, -0.05) is 30.9 Å². The Labute approximate surface area is 96.8 Å². The highest BCUT2D eigenvalue weighted by Gasteiger charge is 2.03. The maximum absolute atomic E-state index is 4.33. The van der Waals surface area contributed by atoms with E-state index in [4.69, 9.17) is 0 Å². The number of aliphatic imine (C=N–C) groups is 1. The Morgan fingerprint density at radius 2 is 2.25 bits per heavy atom. The van der Waals surface area contributed by atoms with Crippen LogP contribution in [-0.2, 0) is 0 Å². The maximum atomic E-state index is 4.33. The first-order valence-corrected chi connectivity index (χ1v) is 5.09. The van der Waals surface area contributed by atoms with Crippen molar-refractivity contribution in [3.63, 3.8) is 0 Å². The average molecular weight is 212 g/mol. The average Bonchev–Trinajstić information content (AvgIpc) is 2.24. The second-order valence-electron chi connectivity index (χ2n) is 3.56. The van der Waals surface area contributed by atoms with Crippen LogP contribution in [-0.4, -0.2) is 11.2 Å². The number of aryl methyl sites for hydroxylation is 1. The van der Waals surface area contributed by atoms with Gasteiger partial charge in [-0.3, -0.25) is 9.98 Å². The minimum absolute atomic E-state index is 0.811. The van der Waals surface area contributed by atoms with Crippen LogP contribution in [0.3, 0.4) is 0 Å². The van der Waals surface area contributed by atoms with Crippen LogP contribution in [0.4, 0.5) is 0 Å². The number of hydrogen-bond acceptors (Lipinski definition) is 2. The van der Waals surface area contributed by atoms with E-state index >= 15 is 0 Å². The molecule has 1 aromatic rings. The zero-order valence-electron chi connectivity index (χ0n) is 9.77.